The highest BCUT2D eigenvalue weighted by Crippen LogP contribution is 1.79. The Balaban J connectivity index is 2.95. The average molecular weight is 111 g/mol. The van der Waals surface area contributed by atoms with Crippen molar-refractivity contribution in [1.82, 2.24) is 5.32 Å². The van der Waals surface area contributed by atoms with Crippen LogP contribution in [0.2, 0.25) is 0 Å². The molecule has 0 amide bonds. The summed E-state index contributed by atoms with van der Waals surface area (Å²) in [4.78, 5) is 0. The molecule has 1 nitrogen and oxygen atoms in total. The van der Waals surface area contributed by atoms with Crippen LogP contribution in [0.25, 0.3) is 0 Å². The minimum absolute atomic E-state index is 0.819. The molecule has 0 rings (SSSR count). The van der Waals surface area contributed by atoms with Crippen molar-refractivity contribution in [2.24, 2.45) is 0 Å². The van der Waals surface area contributed by atoms with E-state index in [0.29, 0.717) is 0 Å². The van der Waals surface area contributed by atoms with Gasteiger partial charge in [-0.05, 0) is 13.5 Å². The average Bonchev–Trinajstić information content (AvgIpc) is 1.81. The number of hydrogen-bond acceptors (Lipinski definition) is 1. The lowest BCUT2D eigenvalue weighted by Gasteiger charge is -1.81. The van der Waals surface area contributed by atoms with Crippen LogP contribution in [0.1, 0.15) is 19.8 Å². The quantitative estimate of drug-likeness (QED) is 0.524. The Kier molecular flexibility index (Phi) is 6.13. The third-order valence-electron chi connectivity index (χ3n) is 0.765. The normalized spacial score (nSPS) is 7.75. The summed E-state index contributed by atoms with van der Waals surface area (Å²) in [6.07, 6.45) is 2.19. The Morgan fingerprint density at radius 3 is 2.62 bits per heavy atom. The highest BCUT2D eigenvalue weighted by atomic mass is 14.8. The Hall–Kier alpha value is -0.480. The van der Waals surface area contributed by atoms with Gasteiger partial charge >= 0.3 is 0 Å². The van der Waals surface area contributed by atoms with Crippen molar-refractivity contribution in [2.45, 2.75) is 19.8 Å². The van der Waals surface area contributed by atoms with Crippen molar-refractivity contribution in [3.05, 3.63) is 0 Å². The summed E-state index contributed by atoms with van der Waals surface area (Å²) in [5.41, 5.74) is 0. The van der Waals surface area contributed by atoms with Crippen molar-refractivity contribution in [3.63, 3.8) is 0 Å². The van der Waals surface area contributed by atoms with Crippen molar-refractivity contribution in [1.29, 1.82) is 0 Å². The summed E-state index contributed by atoms with van der Waals surface area (Å²) in [6, 6.07) is 0. The molecular weight excluding hydrogens is 98.1 g/mol. The molecule has 0 atom stereocenters. The largest absolute Gasteiger partial charge is 0.309 e. The van der Waals surface area contributed by atoms with Gasteiger partial charge in [-0.25, -0.2) is 0 Å². The number of hydrogen-bond donors (Lipinski definition) is 1. The number of nitrogens with one attached hydrogen (secondary N) is 1. The van der Waals surface area contributed by atoms with Crippen LogP contribution in [0.15, 0.2) is 0 Å². The van der Waals surface area contributed by atoms with E-state index in [2.05, 4.69) is 24.1 Å². The summed E-state index contributed by atoms with van der Waals surface area (Å²) in [6.45, 7) is 2.95. The molecule has 0 aromatic heterocycles. The molecule has 0 aromatic carbocycles. The van der Waals surface area contributed by atoms with Gasteiger partial charge in [0, 0.05) is 6.42 Å². The van der Waals surface area contributed by atoms with Gasteiger partial charge in [0.1, 0.15) is 0 Å². The number of rotatable bonds is 2. The van der Waals surface area contributed by atoms with Crippen molar-refractivity contribution in [2.75, 3.05) is 13.6 Å². The fourth-order valence-corrected chi connectivity index (χ4v) is 0.364. The van der Waals surface area contributed by atoms with Crippen LogP contribution in [0, 0.1) is 11.8 Å². The van der Waals surface area contributed by atoms with Crippen molar-refractivity contribution >= 4 is 0 Å². The van der Waals surface area contributed by atoms with Crippen molar-refractivity contribution in [3.8, 4) is 11.8 Å². The smallest absolute Gasteiger partial charge is 0.0574 e. The molecule has 0 aliphatic rings. The fourth-order valence-electron chi connectivity index (χ4n) is 0.364. The first-order valence-corrected chi connectivity index (χ1v) is 3.02. The lowest BCUT2D eigenvalue weighted by molar-refractivity contribution is 0.931. The van der Waals surface area contributed by atoms with Crippen LogP contribution in [0.3, 0.4) is 0 Å². The zero-order valence-electron chi connectivity index (χ0n) is 5.62. The second kappa shape index (κ2) is 6.52. The maximum atomic E-state index is 3.02. The lowest BCUT2D eigenvalue weighted by Crippen LogP contribution is -2.04. The summed E-state index contributed by atoms with van der Waals surface area (Å²) in [5.74, 6) is 6.00. The molecule has 0 unspecified atom stereocenters. The van der Waals surface area contributed by atoms with E-state index >= 15 is 0 Å². The Morgan fingerprint density at radius 2 is 2.12 bits per heavy atom. The maximum absolute atomic E-state index is 3.02. The zero-order valence-corrected chi connectivity index (χ0v) is 5.62. The molecule has 0 saturated carbocycles. The van der Waals surface area contributed by atoms with Crippen LogP contribution in [0.5, 0.6) is 0 Å². The van der Waals surface area contributed by atoms with E-state index in [1.165, 1.54) is 0 Å². The molecule has 0 bridgehead atoms. The second-order valence-electron chi connectivity index (χ2n) is 1.63. The van der Waals surface area contributed by atoms with Crippen molar-refractivity contribution < 1.29 is 0 Å². The summed E-state index contributed by atoms with van der Waals surface area (Å²) in [5, 5.41) is 2.95. The van der Waals surface area contributed by atoms with Crippen LogP contribution >= 0.6 is 0 Å². The molecule has 8 heavy (non-hydrogen) atoms. The minimum atomic E-state index is 0.819. The summed E-state index contributed by atoms with van der Waals surface area (Å²) in [7, 11) is 1.90. The van der Waals surface area contributed by atoms with E-state index in [0.717, 1.165) is 19.4 Å². The first-order chi connectivity index (χ1) is 3.91. The zero-order chi connectivity index (χ0) is 6.24. The Morgan fingerprint density at radius 1 is 1.38 bits per heavy atom. The molecule has 0 spiro atoms. The third-order valence-corrected chi connectivity index (χ3v) is 0.765. The van der Waals surface area contributed by atoms with Gasteiger partial charge < -0.3 is 5.32 Å². The molecular formula is C7H13N. The van der Waals surface area contributed by atoms with E-state index in [9.17, 15) is 0 Å². The number of unbranched alkanes of at least 4 members (excludes halogenated alkanes) is 1. The van der Waals surface area contributed by atoms with Gasteiger partial charge in [0.25, 0.3) is 0 Å². The topological polar surface area (TPSA) is 12.0 Å². The second-order valence-corrected chi connectivity index (χ2v) is 1.63. The molecule has 0 aromatic rings. The molecule has 0 heterocycles. The predicted molar refractivity (Wildman–Crippen MR) is 36.6 cm³/mol. The molecule has 0 radical (unpaired) electrons. The first kappa shape index (κ1) is 7.52. The van der Waals surface area contributed by atoms with Gasteiger partial charge in [0.2, 0.25) is 0 Å². The predicted octanol–water partition coefficient (Wildman–Crippen LogP) is 1.01. The van der Waals surface area contributed by atoms with Gasteiger partial charge in [0.05, 0.1) is 6.54 Å². The van der Waals surface area contributed by atoms with Gasteiger partial charge in [-0.2, -0.15) is 0 Å². The van der Waals surface area contributed by atoms with Gasteiger partial charge in [-0.1, -0.05) is 12.8 Å². The van der Waals surface area contributed by atoms with E-state index in [-0.39, 0.29) is 0 Å². The van der Waals surface area contributed by atoms with E-state index in [1.807, 2.05) is 7.05 Å². The first-order valence-electron chi connectivity index (χ1n) is 3.02. The molecule has 1 N–H and O–H groups in total. The molecule has 0 saturated heterocycles. The SMILES string of the molecule is CCCC#CCNC. The summed E-state index contributed by atoms with van der Waals surface area (Å²) < 4.78 is 0. The van der Waals surface area contributed by atoms with Gasteiger partial charge in [-0.15, -0.1) is 5.92 Å². The highest BCUT2D eigenvalue weighted by Gasteiger charge is 1.68. The minimum Gasteiger partial charge on any atom is -0.309 e. The fraction of sp³-hybridized carbons (Fsp3) is 0.714. The summed E-state index contributed by atoms with van der Waals surface area (Å²) >= 11 is 0. The molecule has 0 aliphatic heterocycles. The highest BCUT2D eigenvalue weighted by molar-refractivity contribution is 4.99. The molecule has 0 fully saturated rings. The van der Waals surface area contributed by atoms with E-state index in [1.54, 1.807) is 0 Å². The van der Waals surface area contributed by atoms with Crippen LogP contribution in [0.4, 0.5) is 0 Å². The van der Waals surface area contributed by atoms with Gasteiger partial charge in [0.15, 0.2) is 0 Å². The van der Waals surface area contributed by atoms with E-state index in [4.69, 9.17) is 0 Å². The monoisotopic (exact) mass is 111 g/mol. The Labute approximate surface area is 51.5 Å². The van der Waals surface area contributed by atoms with Gasteiger partial charge in [-0.3, -0.25) is 0 Å². The molecule has 0 aliphatic carbocycles. The third kappa shape index (κ3) is 5.52. The van der Waals surface area contributed by atoms with Crippen LogP contribution in [-0.2, 0) is 0 Å². The standard InChI is InChI=1S/C7H13N/c1-3-4-5-6-7-8-2/h8H,3-4,7H2,1-2H3. The molecule has 46 valence electrons. The van der Waals surface area contributed by atoms with Crippen LogP contribution < -0.4 is 5.32 Å². The van der Waals surface area contributed by atoms with Crippen LogP contribution in [-0.4, -0.2) is 13.6 Å². The maximum Gasteiger partial charge on any atom is 0.0574 e. The van der Waals surface area contributed by atoms with E-state index < -0.39 is 0 Å². The Bertz CT molecular complexity index is 76.3. The molecule has 1 heteroatoms. The lowest BCUT2D eigenvalue weighted by atomic mass is 10.3.